The molecule has 0 saturated carbocycles. The van der Waals surface area contributed by atoms with Crippen LogP contribution in [0, 0.1) is 0 Å². The molecule has 21 heavy (non-hydrogen) atoms. The maximum absolute atomic E-state index is 6.00. The minimum Gasteiger partial charge on any atom is -0.454 e. The van der Waals surface area contributed by atoms with E-state index in [1.807, 2.05) is 6.07 Å². The molecule has 0 amide bonds. The molecule has 0 fully saturated rings. The van der Waals surface area contributed by atoms with Crippen molar-refractivity contribution in [1.82, 2.24) is 4.90 Å². The van der Waals surface area contributed by atoms with Gasteiger partial charge >= 0.3 is 0 Å². The van der Waals surface area contributed by atoms with Crippen LogP contribution in [-0.4, -0.2) is 18.2 Å². The van der Waals surface area contributed by atoms with Crippen molar-refractivity contribution in [3.8, 4) is 11.5 Å². The zero-order chi connectivity index (χ0) is 14.2. The molecule has 0 saturated heterocycles. The standard InChI is InChI=1S/C17H18N2O2/c18-8-15-14-4-2-1-3-13(14)10-19(15)9-12-5-6-16-17(7-12)21-11-20-16/h1-7,15H,8-11,18H2. The van der Waals surface area contributed by atoms with Crippen molar-refractivity contribution in [2.24, 2.45) is 5.73 Å². The molecule has 0 bridgehead atoms. The van der Waals surface area contributed by atoms with Gasteiger partial charge in [0.2, 0.25) is 6.79 Å². The Kier molecular flexibility index (Phi) is 3.05. The fourth-order valence-electron chi connectivity index (χ4n) is 3.24. The molecule has 0 radical (unpaired) electrons. The van der Waals surface area contributed by atoms with Gasteiger partial charge in [0.15, 0.2) is 11.5 Å². The summed E-state index contributed by atoms with van der Waals surface area (Å²) in [5.41, 5.74) is 9.97. The second-order valence-electron chi connectivity index (χ2n) is 5.54. The second kappa shape index (κ2) is 5.06. The highest BCUT2D eigenvalue weighted by Crippen LogP contribution is 2.36. The van der Waals surface area contributed by atoms with Crippen LogP contribution in [0.5, 0.6) is 11.5 Å². The van der Waals surface area contributed by atoms with Crippen molar-refractivity contribution < 1.29 is 9.47 Å². The van der Waals surface area contributed by atoms with Crippen LogP contribution in [0.4, 0.5) is 0 Å². The molecule has 4 rings (SSSR count). The van der Waals surface area contributed by atoms with E-state index in [2.05, 4.69) is 41.3 Å². The van der Waals surface area contributed by atoms with Gasteiger partial charge in [0.25, 0.3) is 0 Å². The van der Waals surface area contributed by atoms with Crippen LogP contribution in [0.15, 0.2) is 42.5 Å². The number of hydrogen-bond donors (Lipinski definition) is 1. The SMILES string of the molecule is NCC1c2ccccc2CN1Cc1ccc2c(c1)OCO2. The van der Waals surface area contributed by atoms with Crippen LogP contribution in [0.2, 0.25) is 0 Å². The van der Waals surface area contributed by atoms with E-state index < -0.39 is 0 Å². The lowest BCUT2D eigenvalue weighted by atomic mass is 10.1. The summed E-state index contributed by atoms with van der Waals surface area (Å²) in [7, 11) is 0. The normalized spacial score (nSPS) is 19.8. The van der Waals surface area contributed by atoms with Crippen LogP contribution in [0.25, 0.3) is 0 Å². The Labute approximate surface area is 124 Å². The summed E-state index contributed by atoms with van der Waals surface area (Å²) in [5, 5.41) is 0. The number of hydrogen-bond acceptors (Lipinski definition) is 4. The summed E-state index contributed by atoms with van der Waals surface area (Å²) in [6, 6.07) is 15.0. The maximum Gasteiger partial charge on any atom is 0.231 e. The minimum absolute atomic E-state index is 0.298. The monoisotopic (exact) mass is 282 g/mol. The lowest BCUT2D eigenvalue weighted by Gasteiger charge is -2.23. The predicted molar refractivity (Wildman–Crippen MR) is 80.0 cm³/mol. The Morgan fingerprint density at radius 3 is 2.86 bits per heavy atom. The molecule has 0 spiro atoms. The summed E-state index contributed by atoms with van der Waals surface area (Å²) < 4.78 is 10.8. The Bertz CT molecular complexity index is 672. The minimum atomic E-state index is 0.298. The molecule has 1 atom stereocenters. The third-order valence-electron chi connectivity index (χ3n) is 4.27. The summed E-state index contributed by atoms with van der Waals surface area (Å²) in [4.78, 5) is 2.42. The van der Waals surface area contributed by atoms with Gasteiger partial charge in [-0.15, -0.1) is 0 Å². The Morgan fingerprint density at radius 1 is 1.10 bits per heavy atom. The molecular weight excluding hydrogens is 264 g/mol. The average Bonchev–Trinajstić information content (AvgIpc) is 3.10. The van der Waals surface area contributed by atoms with Crippen molar-refractivity contribution in [3.63, 3.8) is 0 Å². The van der Waals surface area contributed by atoms with Gasteiger partial charge in [-0.05, 0) is 28.8 Å². The fraction of sp³-hybridized carbons (Fsp3) is 0.294. The van der Waals surface area contributed by atoms with Crippen LogP contribution in [-0.2, 0) is 13.1 Å². The molecule has 108 valence electrons. The molecule has 2 aliphatic rings. The van der Waals surface area contributed by atoms with Gasteiger partial charge in [-0.3, -0.25) is 4.90 Å². The van der Waals surface area contributed by atoms with Crippen molar-refractivity contribution in [2.45, 2.75) is 19.1 Å². The number of nitrogens with two attached hydrogens (primary N) is 1. The number of nitrogens with zero attached hydrogens (tertiary/aromatic N) is 1. The van der Waals surface area contributed by atoms with Crippen molar-refractivity contribution in [2.75, 3.05) is 13.3 Å². The Balaban J connectivity index is 1.58. The van der Waals surface area contributed by atoms with Gasteiger partial charge in [0, 0.05) is 25.7 Å². The van der Waals surface area contributed by atoms with E-state index in [0.717, 1.165) is 24.6 Å². The van der Waals surface area contributed by atoms with Gasteiger partial charge in [0.1, 0.15) is 0 Å². The third-order valence-corrected chi connectivity index (χ3v) is 4.27. The second-order valence-corrected chi connectivity index (χ2v) is 5.54. The average molecular weight is 282 g/mol. The maximum atomic E-state index is 6.00. The first-order chi connectivity index (χ1) is 10.3. The first-order valence-electron chi connectivity index (χ1n) is 7.25. The number of rotatable bonds is 3. The smallest absolute Gasteiger partial charge is 0.231 e. The highest BCUT2D eigenvalue weighted by atomic mass is 16.7. The van der Waals surface area contributed by atoms with Gasteiger partial charge in [-0.2, -0.15) is 0 Å². The largest absolute Gasteiger partial charge is 0.454 e. The lowest BCUT2D eigenvalue weighted by molar-refractivity contribution is 0.173. The highest BCUT2D eigenvalue weighted by molar-refractivity contribution is 5.44. The zero-order valence-corrected chi connectivity index (χ0v) is 11.8. The van der Waals surface area contributed by atoms with Gasteiger partial charge in [-0.1, -0.05) is 30.3 Å². The van der Waals surface area contributed by atoms with E-state index in [9.17, 15) is 0 Å². The molecule has 2 N–H and O–H groups in total. The molecule has 2 aromatic rings. The Morgan fingerprint density at radius 2 is 1.95 bits per heavy atom. The topological polar surface area (TPSA) is 47.7 Å². The summed E-state index contributed by atoms with van der Waals surface area (Å²) >= 11 is 0. The Hall–Kier alpha value is -2.04. The molecule has 4 nitrogen and oxygen atoms in total. The van der Waals surface area contributed by atoms with Gasteiger partial charge in [0.05, 0.1) is 0 Å². The molecule has 2 aliphatic heterocycles. The van der Waals surface area contributed by atoms with E-state index in [0.29, 0.717) is 19.4 Å². The van der Waals surface area contributed by atoms with E-state index in [4.69, 9.17) is 15.2 Å². The van der Waals surface area contributed by atoms with E-state index in [1.165, 1.54) is 16.7 Å². The van der Waals surface area contributed by atoms with E-state index in [1.54, 1.807) is 0 Å². The zero-order valence-electron chi connectivity index (χ0n) is 11.8. The van der Waals surface area contributed by atoms with Crippen molar-refractivity contribution in [1.29, 1.82) is 0 Å². The molecule has 4 heteroatoms. The quantitative estimate of drug-likeness (QED) is 0.939. The summed E-state index contributed by atoms with van der Waals surface area (Å²) in [6.07, 6.45) is 0. The number of benzene rings is 2. The number of ether oxygens (including phenoxy) is 2. The van der Waals surface area contributed by atoms with Gasteiger partial charge < -0.3 is 15.2 Å². The molecule has 0 aliphatic carbocycles. The lowest BCUT2D eigenvalue weighted by Crippen LogP contribution is -2.27. The van der Waals surface area contributed by atoms with Crippen molar-refractivity contribution in [3.05, 3.63) is 59.2 Å². The molecular formula is C17H18N2O2. The van der Waals surface area contributed by atoms with Crippen LogP contribution in [0.3, 0.4) is 0 Å². The summed E-state index contributed by atoms with van der Waals surface area (Å²) in [5.74, 6) is 1.67. The molecule has 1 unspecified atom stereocenters. The third kappa shape index (κ3) is 2.17. The fourth-order valence-corrected chi connectivity index (χ4v) is 3.24. The van der Waals surface area contributed by atoms with E-state index in [-0.39, 0.29) is 0 Å². The highest BCUT2D eigenvalue weighted by Gasteiger charge is 2.28. The van der Waals surface area contributed by atoms with E-state index >= 15 is 0 Å². The molecule has 0 aromatic heterocycles. The van der Waals surface area contributed by atoms with Gasteiger partial charge in [-0.25, -0.2) is 0 Å². The van der Waals surface area contributed by atoms with Crippen molar-refractivity contribution >= 4 is 0 Å². The van der Waals surface area contributed by atoms with Crippen LogP contribution >= 0.6 is 0 Å². The summed E-state index contributed by atoms with van der Waals surface area (Å²) in [6.45, 7) is 2.78. The van der Waals surface area contributed by atoms with Crippen LogP contribution < -0.4 is 15.2 Å². The first kappa shape index (κ1) is 12.7. The predicted octanol–water partition coefficient (Wildman–Crippen LogP) is 2.43. The molecule has 2 aromatic carbocycles. The van der Waals surface area contributed by atoms with Crippen LogP contribution in [0.1, 0.15) is 22.7 Å². The first-order valence-corrected chi connectivity index (χ1v) is 7.25. The number of fused-ring (bicyclic) bond motifs is 2. The molecule has 2 heterocycles.